The Bertz CT molecular complexity index is 3130. The van der Waals surface area contributed by atoms with E-state index in [0.717, 1.165) is 17.1 Å². The van der Waals surface area contributed by atoms with E-state index in [1.54, 1.807) is 0 Å². The normalized spacial score (nSPS) is 13.3. The second kappa shape index (κ2) is 14.7. The highest BCUT2D eigenvalue weighted by Gasteiger charge is 2.36. The van der Waals surface area contributed by atoms with Gasteiger partial charge >= 0.3 is 0 Å². The van der Waals surface area contributed by atoms with Gasteiger partial charge in [0, 0.05) is 22.4 Å². The standard InChI is InChI=1S/C61H55N/c1-59(2,3)46-36-45(37-47(38-46)60(4,5)6)50-23-15-19-42-20-16-24-54(58(42)50)53-22-12-14-26-57(53)62(49-33-34-52-51-21-11-13-25-55(51)61(7,8)56(52)39-49)48-31-29-41(30-32-48)44-28-27-40-17-9-10-18-43(40)35-44/h9-39H,1-8H3. The van der Waals surface area contributed by atoms with E-state index in [-0.39, 0.29) is 16.2 Å². The molecule has 62 heavy (non-hydrogen) atoms. The van der Waals surface area contributed by atoms with E-state index in [4.69, 9.17) is 0 Å². The van der Waals surface area contributed by atoms with Crippen molar-refractivity contribution in [3.8, 4) is 44.5 Å². The van der Waals surface area contributed by atoms with Crippen LogP contribution >= 0.6 is 0 Å². The molecular formula is C61H55N. The maximum Gasteiger partial charge on any atom is 0.0540 e. The molecule has 1 heteroatoms. The molecule has 10 rings (SSSR count). The van der Waals surface area contributed by atoms with E-state index in [1.807, 2.05) is 0 Å². The predicted molar refractivity (Wildman–Crippen MR) is 267 cm³/mol. The molecule has 0 N–H and O–H groups in total. The van der Waals surface area contributed by atoms with Gasteiger partial charge in [0.05, 0.1) is 5.69 Å². The van der Waals surface area contributed by atoms with Crippen molar-refractivity contribution in [3.63, 3.8) is 0 Å². The lowest BCUT2D eigenvalue weighted by Crippen LogP contribution is -2.17. The van der Waals surface area contributed by atoms with Crippen LogP contribution in [-0.2, 0) is 16.2 Å². The van der Waals surface area contributed by atoms with Crippen molar-refractivity contribution in [1.82, 2.24) is 0 Å². The van der Waals surface area contributed by atoms with E-state index in [9.17, 15) is 0 Å². The van der Waals surface area contributed by atoms with Gasteiger partial charge < -0.3 is 4.90 Å². The molecule has 9 aromatic rings. The third kappa shape index (κ3) is 6.81. The zero-order chi connectivity index (χ0) is 43.0. The summed E-state index contributed by atoms with van der Waals surface area (Å²) in [6.45, 7) is 18.7. The summed E-state index contributed by atoms with van der Waals surface area (Å²) in [5.41, 5.74) is 18.7. The number of nitrogens with zero attached hydrogens (tertiary/aromatic N) is 1. The first-order valence-corrected chi connectivity index (χ1v) is 22.2. The van der Waals surface area contributed by atoms with Crippen LogP contribution in [0, 0.1) is 0 Å². The van der Waals surface area contributed by atoms with Crippen molar-refractivity contribution in [2.45, 2.75) is 71.6 Å². The van der Waals surface area contributed by atoms with Crippen molar-refractivity contribution in [2.24, 2.45) is 0 Å². The Balaban J connectivity index is 1.18. The van der Waals surface area contributed by atoms with E-state index >= 15 is 0 Å². The molecule has 1 aliphatic rings. The second-order valence-electron chi connectivity index (χ2n) is 19.9. The lowest BCUT2D eigenvalue weighted by atomic mass is 9.78. The van der Waals surface area contributed by atoms with Gasteiger partial charge in [0.2, 0.25) is 0 Å². The molecule has 1 aliphatic carbocycles. The molecule has 0 atom stereocenters. The number of hydrogen-bond acceptors (Lipinski definition) is 1. The minimum atomic E-state index is -0.134. The Kier molecular flexibility index (Phi) is 9.38. The number of fused-ring (bicyclic) bond motifs is 5. The van der Waals surface area contributed by atoms with Gasteiger partial charge in [-0.15, -0.1) is 0 Å². The van der Waals surface area contributed by atoms with Crippen LogP contribution in [0.1, 0.15) is 77.6 Å². The molecule has 0 saturated carbocycles. The lowest BCUT2D eigenvalue weighted by molar-refractivity contribution is 0.569. The van der Waals surface area contributed by atoms with Crippen molar-refractivity contribution in [2.75, 3.05) is 4.90 Å². The Morgan fingerprint density at radius 2 is 0.903 bits per heavy atom. The van der Waals surface area contributed by atoms with Crippen molar-refractivity contribution < 1.29 is 0 Å². The second-order valence-corrected chi connectivity index (χ2v) is 19.9. The van der Waals surface area contributed by atoms with Gasteiger partial charge in [0.25, 0.3) is 0 Å². The minimum Gasteiger partial charge on any atom is -0.310 e. The van der Waals surface area contributed by atoms with Crippen LogP contribution in [0.4, 0.5) is 17.1 Å². The van der Waals surface area contributed by atoms with Crippen LogP contribution in [0.5, 0.6) is 0 Å². The first kappa shape index (κ1) is 39.4. The summed E-state index contributed by atoms with van der Waals surface area (Å²) < 4.78 is 0. The Hall–Kier alpha value is -6.70. The van der Waals surface area contributed by atoms with Gasteiger partial charge in [-0.25, -0.2) is 0 Å². The average Bonchev–Trinajstić information content (AvgIpc) is 3.50. The van der Waals surface area contributed by atoms with Gasteiger partial charge in [0.1, 0.15) is 0 Å². The van der Waals surface area contributed by atoms with Crippen LogP contribution in [0.3, 0.4) is 0 Å². The van der Waals surface area contributed by atoms with Gasteiger partial charge in [-0.05, 0) is 130 Å². The van der Waals surface area contributed by atoms with Gasteiger partial charge in [-0.3, -0.25) is 0 Å². The minimum absolute atomic E-state index is 0.00612. The quantitative estimate of drug-likeness (QED) is 0.162. The van der Waals surface area contributed by atoms with E-state index in [1.165, 1.54) is 88.3 Å². The number of benzene rings is 9. The highest BCUT2D eigenvalue weighted by atomic mass is 15.1. The fourth-order valence-corrected chi connectivity index (χ4v) is 9.78. The highest BCUT2D eigenvalue weighted by Crippen LogP contribution is 2.52. The molecule has 0 bridgehead atoms. The van der Waals surface area contributed by atoms with Gasteiger partial charge in [-0.1, -0.05) is 207 Å². The molecule has 0 aromatic heterocycles. The Morgan fingerprint density at radius 1 is 0.355 bits per heavy atom. The number of rotatable bonds is 6. The molecule has 0 radical (unpaired) electrons. The Morgan fingerprint density at radius 3 is 1.61 bits per heavy atom. The third-order valence-corrected chi connectivity index (χ3v) is 13.3. The summed E-state index contributed by atoms with van der Waals surface area (Å²) in [7, 11) is 0. The summed E-state index contributed by atoms with van der Waals surface area (Å²) in [5.74, 6) is 0. The predicted octanol–water partition coefficient (Wildman–Crippen LogP) is 17.4. The SMILES string of the molecule is CC(C)(C)c1cc(-c2cccc3cccc(-c4ccccc4N(c4ccc(-c5ccc6ccccc6c5)cc4)c4ccc5c(c4)C(C)(C)c4ccccc4-5)c23)cc(C(C)(C)C)c1. The fraction of sp³-hybridized carbons (Fsp3) is 0.180. The number of para-hydroxylation sites is 1. The average molecular weight is 802 g/mol. The van der Waals surface area contributed by atoms with Crippen LogP contribution in [0.25, 0.3) is 66.1 Å². The molecule has 0 amide bonds. The van der Waals surface area contributed by atoms with Crippen LogP contribution in [-0.4, -0.2) is 0 Å². The summed E-state index contributed by atoms with van der Waals surface area (Å²) in [6.07, 6.45) is 0. The largest absolute Gasteiger partial charge is 0.310 e. The fourth-order valence-electron chi connectivity index (χ4n) is 9.78. The zero-order valence-corrected chi connectivity index (χ0v) is 37.3. The van der Waals surface area contributed by atoms with E-state index < -0.39 is 0 Å². The molecule has 0 fully saturated rings. The zero-order valence-electron chi connectivity index (χ0n) is 37.3. The molecule has 1 nitrogen and oxygen atoms in total. The molecule has 0 heterocycles. The monoisotopic (exact) mass is 801 g/mol. The lowest BCUT2D eigenvalue weighted by Gasteiger charge is -2.30. The Labute approximate surface area is 368 Å². The summed E-state index contributed by atoms with van der Waals surface area (Å²) in [4.78, 5) is 2.48. The summed E-state index contributed by atoms with van der Waals surface area (Å²) in [5, 5.41) is 5.01. The van der Waals surface area contributed by atoms with Crippen LogP contribution in [0.15, 0.2) is 188 Å². The third-order valence-electron chi connectivity index (χ3n) is 13.3. The molecule has 0 spiro atoms. The topological polar surface area (TPSA) is 3.24 Å². The summed E-state index contributed by atoms with van der Waals surface area (Å²) in [6, 6.07) is 70.5. The highest BCUT2D eigenvalue weighted by molar-refractivity contribution is 6.09. The molecule has 9 aromatic carbocycles. The molecule has 0 saturated heterocycles. The van der Waals surface area contributed by atoms with Crippen molar-refractivity contribution in [1.29, 1.82) is 0 Å². The summed E-state index contributed by atoms with van der Waals surface area (Å²) >= 11 is 0. The first-order chi connectivity index (χ1) is 29.8. The molecular weight excluding hydrogens is 747 g/mol. The number of anilines is 3. The smallest absolute Gasteiger partial charge is 0.0540 e. The van der Waals surface area contributed by atoms with E-state index in [2.05, 4.69) is 248 Å². The van der Waals surface area contributed by atoms with Crippen LogP contribution in [0.2, 0.25) is 0 Å². The molecule has 0 unspecified atom stereocenters. The maximum absolute atomic E-state index is 2.48. The van der Waals surface area contributed by atoms with E-state index in [0.29, 0.717) is 0 Å². The van der Waals surface area contributed by atoms with Crippen molar-refractivity contribution >= 4 is 38.6 Å². The first-order valence-electron chi connectivity index (χ1n) is 22.2. The van der Waals surface area contributed by atoms with Gasteiger partial charge in [0.15, 0.2) is 0 Å². The van der Waals surface area contributed by atoms with Gasteiger partial charge in [-0.2, -0.15) is 0 Å². The van der Waals surface area contributed by atoms with Crippen molar-refractivity contribution in [3.05, 3.63) is 210 Å². The number of hydrogen-bond donors (Lipinski definition) is 0. The maximum atomic E-state index is 2.48. The molecule has 304 valence electrons. The molecule has 0 aliphatic heterocycles. The van der Waals surface area contributed by atoms with Crippen LogP contribution < -0.4 is 4.90 Å².